The van der Waals surface area contributed by atoms with Gasteiger partial charge in [-0.1, -0.05) is 305 Å². The van der Waals surface area contributed by atoms with E-state index in [4.69, 9.17) is 18.5 Å². The Bertz CT molecular complexity index is 2210. The molecular formula is C82H135NO8P+. The summed E-state index contributed by atoms with van der Waals surface area (Å²) in [7, 11) is 1.45. The van der Waals surface area contributed by atoms with Crippen molar-refractivity contribution < 1.29 is 42.1 Å². The third kappa shape index (κ3) is 74.2. The Kier molecular flexibility index (Phi) is 66.7. The number of likely N-dealkylation sites (N-methyl/N-ethyl adjacent to an activating group) is 1. The van der Waals surface area contributed by atoms with Gasteiger partial charge in [-0.15, -0.1) is 0 Å². The molecular weight excluding hydrogens is 1160 g/mol. The molecule has 0 aliphatic rings. The number of phosphoric ester groups is 1. The summed E-state index contributed by atoms with van der Waals surface area (Å²) in [5.41, 5.74) is 0. The second-order valence-electron chi connectivity index (χ2n) is 24.9. The first-order valence-electron chi connectivity index (χ1n) is 36.5. The van der Waals surface area contributed by atoms with E-state index in [0.29, 0.717) is 17.4 Å². The van der Waals surface area contributed by atoms with Crippen LogP contribution in [0.2, 0.25) is 0 Å². The lowest BCUT2D eigenvalue weighted by Gasteiger charge is -2.24. The fraction of sp³-hybridized carbons (Fsp3) is 0.610. The largest absolute Gasteiger partial charge is 0.472 e. The Hall–Kier alpha value is -4.89. The predicted molar refractivity (Wildman–Crippen MR) is 399 cm³/mol. The number of unbranched alkanes of at least 4 members (excludes halogenated alkanes) is 21. The van der Waals surface area contributed by atoms with Crippen molar-refractivity contribution in [3.8, 4) is 0 Å². The van der Waals surface area contributed by atoms with Gasteiger partial charge in [0.25, 0.3) is 0 Å². The zero-order valence-electron chi connectivity index (χ0n) is 59.2. The molecule has 0 rings (SSSR count). The highest BCUT2D eigenvalue weighted by Crippen LogP contribution is 2.43. The maximum atomic E-state index is 12.9. The van der Waals surface area contributed by atoms with E-state index in [1.165, 1.54) is 89.9 Å². The van der Waals surface area contributed by atoms with Gasteiger partial charge in [0.1, 0.15) is 19.8 Å². The number of esters is 2. The van der Waals surface area contributed by atoms with Gasteiger partial charge in [-0.3, -0.25) is 18.6 Å². The summed E-state index contributed by atoms with van der Waals surface area (Å²) in [6.07, 6.45) is 109. The minimum Gasteiger partial charge on any atom is -0.462 e. The Morgan fingerprint density at radius 1 is 0.337 bits per heavy atom. The molecule has 92 heavy (non-hydrogen) atoms. The zero-order chi connectivity index (χ0) is 66.9. The highest BCUT2D eigenvalue weighted by atomic mass is 31.2. The van der Waals surface area contributed by atoms with Crippen molar-refractivity contribution in [3.05, 3.63) is 182 Å². The minimum absolute atomic E-state index is 0.0210. The molecule has 0 radical (unpaired) electrons. The van der Waals surface area contributed by atoms with Gasteiger partial charge in [-0.25, -0.2) is 4.57 Å². The van der Waals surface area contributed by atoms with Crippen LogP contribution in [0.5, 0.6) is 0 Å². The number of nitrogens with zero attached hydrogens (tertiary/aromatic N) is 1. The van der Waals surface area contributed by atoms with Gasteiger partial charge >= 0.3 is 19.8 Å². The van der Waals surface area contributed by atoms with Crippen molar-refractivity contribution in [2.45, 2.75) is 277 Å². The molecule has 520 valence electrons. The van der Waals surface area contributed by atoms with Crippen molar-refractivity contribution in [2.75, 3.05) is 47.5 Å². The van der Waals surface area contributed by atoms with Crippen LogP contribution in [0.25, 0.3) is 0 Å². The lowest BCUT2D eigenvalue weighted by Crippen LogP contribution is -2.37. The summed E-state index contributed by atoms with van der Waals surface area (Å²) < 4.78 is 34.7. The molecule has 0 aromatic carbocycles. The van der Waals surface area contributed by atoms with Crippen LogP contribution in [0.4, 0.5) is 0 Å². The first-order chi connectivity index (χ1) is 45.0. The van der Waals surface area contributed by atoms with E-state index in [9.17, 15) is 19.0 Å². The van der Waals surface area contributed by atoms with Crippen molar-refractivity contribution in [1.29, 1.82) is 0 Å². The normalized spacial score (nSPS) is 14.2. The number of hydrogen-bond acceptors (Lipinski definition) is 7. The van der Waals surface area contributed by atoms with E-state index < -0.39 is 26.5 Å². The number of phosphoric acid groups is 1. The molecule has 10 heteroatoms. The Morgan fingerprint density at radius 2 is 0.587 bits per heavy atom. The van der Waals surface area contributed by atoms with Gasteiger partial charge < -0.3 is 18.9 Å². The molecule has 1 N–H and O–H groups in total. The monoisotopic (exact) mass is 1290 g/mol. The third-order valence-electron chi connectivity index (χ3n) is 14.9. The van der Waals surface area contributed by atoms with Crippen LogP contribution in [-0.4, -0.2) is 74.9 Å². The standard InChI is InChI=1S/C82H134NO8P/c1-6-8-10-12-14-16-18-20-22-24-26-28-30-32-34-36-37-38-39-40-41-42-43-44-45-47-49-51-53-55-57-59-61-63-65-67-69-71-73-75-82(85)91-80(79-90-92(86,87)89-77-76-83(3,4)5)78-88-81(84)74-72-70-68-66-64-62-60-58-56-54-52-50-48-46-35-33-31-29-27-25-23-21-19-17-15-13-11-9-7-2/h8-11,14-17,20-23,26-29,32-35,37-38,40-41,43-44,48,50,54,56,80H,6-7,12-13,18-19,24-25,30-31,36,39,42,45-47,49,51-53,55,57-79H2,1-5H3/p+1/b10-8-,11-9-,16-14-,17-15-,22-20-,23-21-,28-26-,29-27-,34-32-,35-33-,38-37-,41-40-,44-43-,50-48-,56-54-. The maximum Gasteiger partial charge on any atom is 0.472 e. The molecule has 0 aliphatic heterocycles. The Labute approximate surface area is 565 Å². The highest BCUT2D eigenvalue weighted by Gasteiger charge is 2.27. The molecule has 0 saturated heterocycles. The van der Waals surface area contributed by atoms with Crippen molar-refractivity contribution >= 4 is 19.8 Å². The number of carbonyl (C=O) groups excluding carboxylic acids is 2. The van der Waals surface area contributed by atoms with Crippen LogP contribution in [0.15, 0.2) is 182 Å². The molecule has 2 atom stereocenters. The SMILES string of the molecule is CC/C=C\C/C=C\C/C=C\C/C=C\C/C=C\C/C=C\C/C=C\C/C=C\CCCCCCCCCCCCCCCCC(=O)OC(COC(=O)CCCCCCCCC/C=C\C/C=C\C/C=C\C/C=C\C/C=C\C/C=C\C/C=C\CC)COP(=O)(O)OCC[N+](C)(C)C. The number of allylic oxidation sites excluding steroid dienone is 30. The molecule has 0 aromatic heterocycles. The third-order valence-corrected chi connectivity index (χ3v) is 15.9. The Morgan fingerprint density at radius 3 is 0.870 bits per heavy atom. The average molecular weight is 1290 g/mol. The van der Waals surface area contributed by atoms with Gasteiger partial charge in [-0.05, 0) is 135 Å². The molecule has 0 spiro atoms. The molecule has 0 amide bonds. The number of ether oxygens (including phenoxy) is 2. The molecule has 0 saturated carbocycles. The second-order valence-corrected chi connectivity index (χ2v) is 26.3. The molecule has 0 heterocycles. The van der Waals surface area contributed by atoms with E-state index in [0.717, 1.165) is 148 Å². The minimum atomic E-state index is -4.41. The summed E-state index contributed by atoms with van der Waals surface area (Å²) in [4.78, 5) is 35.9. The average Bonchev–Trinajstić information content (AvgIpc) is 2.14. The Balaban J connectivity index is 4.10. The van der Waals surface area contributed by atoms with Gasteiger partial charge in [0.15, 0.2) is 6.10 Å². The molecule has 2 unspecified atom stereocenters. The van der Waals surface area contributed by atoms with E-state index in [1.54, 1.807) is 0 Å². The first-order valence-corrected chi connectivity index (χ1v) is 38.0. The molecule has 0 aliphatic carbocycles. The van der Waals surface area contributed by atoms with Gasteiger partial charge in [-0.2, -0.15) is 0 Å². The van der Waals surface area contributed by atoms with Gasteiger partial charge in [0, 0.05) is 12.8 Å². The summed E-state index contributed by atoms with van der Waals surface area (Å²) >= 11 is 0. The van der Waals surface area contributed by atoms with Crippen LogP contribution in [0, 0.1) is 0 Å². The van der Waals surface area contributed by atoms with Crippen molar-refractivity contribution in [2.24, 2.45) is 0 Å². The van der Waals surface area contributed by atoms with Gasteiger partial charge in [0.05, 0.1) is 27.7 Å². The number of rotatable bonds is 65. The number of carbonyl (C=O) groups is 2. The topological polar surface area (TPSA) is 108 Å². The van der Waals surface area contributed by atoms with Crippen LogP contribution in [-0.2, 0) is 32.7 Å². The van der Waals surface area contributed by atoms with E-state index >= 15 is 0 Å². The van der Waals surface area contributed by atoms with E-state index in [2.05, 4.69) is 196 Å². The van der Waals surface area contributed by atoms with Crippen LogP contribution in [0.1, 0.15) is 271 Å². The summed E-state index contributed by atoms with van der Waals surface area (Å²) in [5.74, 6) is -0.818. The molecule has 9 nitrogen and oxygen atoms in total. The molecule has 0 bridgehead atoms. The summed E-state index contributed by atoms with van der Waals surface area (Å²) in [6.45, 7) is 4.18. The molecule has 0 fully saturated rings. The van der Waals surface area contributed by atoms with Crippen LogP contribution >= 0.6 is 7.82 Å². The lowest BCUT2D eigenvalue weighted by atomic mass is 10.0. The van der Waals surface area contributed by atoms with Gasteiger partial charge in [0.2, 0.25) is 0 Å². The quantitative estimate of drug-likeness (QED) is 0.0211. The fourth-order valence-electron chi connectivity index (χ4n) is 9.42. The number of quaternary nitrogens is 1. The summed E-state index contributed by atoms with van der Waals surface area (Å²) in [6, 6.07) is 0. The smallest absolute Gasteiger partial charge is 0.462 e. The van der Waals surface area contributed by atoms with Crippen LogP contribution in [0.3, 0.4) is 0 Å². The fourth-order valence-corrected chi connectivity index (χ4v) is 10.2. The first kappa shape index (κ1) is 87.1. The van der Waals surface area contributed by atoms with Crippen LogP contribution < -0.4 is 0 Å². The number of hydrogen-bond donors (Lipinski definition) is 1. The van der Waals surface area contributed by atoms with Crippen molar-refractivity contribution in [1.82, 2.24) is 0 Å². The lowest BCUT2D eigenvalue weighted by molar-refractivity contribution is -0.870. The van der Waals surface area contributed by atoms with Crippen molar-refractivity contribution in [3.63, 3.8) is 0 Å². The van der Waals surface area contributed by atoms with E-state index in [1.807, 2.05) is 21.1 Å². The second kappa shape index (κ2) is 70.4. The summed E-state index contributed by atoms with van der Waals surface area (Å²) in [5, 5.41) is 0. The molecule has 0 aromatic rings. The zero-order valence-corrected chi connectivity index (χ0v) is 60.1. The maximum absolute atomic E-state index is 12.9. The predicted octanol–water partition coefficient (Wildman–Crippen LogP) is 24.3. The van der Waals surface area contributed by atoms with E-state index in [-0.39, 0.29) is 32.0 Å². The highest BCUT2D eigenvalue weighted by molar-refractivity contribution is 7.47.